The fraction of sp³-hybridized carbons (Fsp3) is 0.286. The Labute approximate surface area is 168 Å². The minimum absolute atomic E-state index is 0.100. The van der Waals surface area contributed by atoms with Gasteiger partial charge in [0.05, 0.1) is 23.0 Å². The Hall–Kier alpha value is -2.86. The number of nitrogens with one attached hydrogen (secondary N) is 2. The Morgan fingerprint density at radius 1 is 1.04 bits per heavy atom. The minimum Gasteiger partial charge on any atom is -0.456 e. The zero-order valence-corrected chi connectivity index (χ0v) is 15.9. The van der Waals surface area contributed by atoms with Crippen LogP contribution in [0.1, 0.15) is 41.2 Å². The average molecular weight is 401 g/mol. The van der Waals surface area contributed by atoms with E-state index in [1.54, 1.807) is 24.3 Å². The fourth-order valence-electron chi connectivity index (χ4n) is 2.69. The van der Waals surface area contributed by atoms with Crippen LogP contribution in [0.5, 0.6) is 0 Å². The molecule has 3 rings (SSSR count). The minimum atomic E-state index is -0.607. The molecule has 146 valence electrons. The van der Waals surface area contributed by atoms with Gasteiger partial charge in [0.15, 0.2) is 6.61 Å². The molecule has 7 heteroatoms. The smallest absolute Gasteiger partial charge is 0.308 e. The van der Waals surface area contributed by atoms with Crippen molar-refractivity contribution in [3.8, 4) is 0 Å². The predicted molar refractivity (Wildman–Crippen MR) is 105 cm³/mol. The molecule has 1 fully saturated rings. The van der Waals surface area contributed by atoms with Gasteiger partial charge in [-0.3, -0.25) is 14.4 Å². The van der Waals surface area contributed by atoms with Crippen LogP contribution in [0, 0.1) is 0 Å². The molecule has 2 aromatic carbocycles. The third-order valence-corrected chi connectivity index (χ3v) is 4.63. The largest absolute Gasteiger partial charge is 0.456 e. The summed E-state index contributed by atoms with van der Waals surface area (Å²) < 4.78 is 5.07. The van der Waals surface area contributed by atoms with Gasteiger partial charge in [-0.15, -0.1) is 0 Å². The van der Waals surface area contributed by atoms with Gasteiger partial charge in [-0.25, -0.2) is 0 Å². The average Bonchev–Trinajstić information content (AvgIpc) is 3.51. The van der Waals surface area contributed by atoms with Crippen molar-refractivity contribution >= 4 is 29.4 Å². The summed E-state index contributed by atoms with van der Waals surface area (Å²) >= 11 is 6.09. The second-order valence-corrected chi connectivity index (χ2v) is 7.03. The van der Waals surface area contributed by atoms with Crippen LogP contribution in [0.15, 0.2) is 54.6 Å². The number of rotatable bonds is 8. The highest BCUT2D eigenvalue weighted by molar-refractivity contribution is 6.33. The van der Waals surface area contributed by atoms with Crippen molar-refractivity contribution in [3.05, 3.63) is 70.7 Å². The van der Waals surface area contributed by atoms with Gasteiger partial charge in [0, 0.05) is 6.04 Å². The van der Waals surface area contributed by atoms with Crippen LogP contribution in [0.2, 0.25) is 5.02 Å². The number of benzene rings is 2. The predicted octanol–water partition coefficient (Wildman–Crippen LogP) is 3.02. The van der Waals surface area contributed by atoms with Crippen LogP contribution < -0.4 is 10.6 Å². The quantitative estimate of drug-likeness (QED) is 0.667. The van der Waals surface area contributed by atoms with Crippen molar-refractivity contribution in [2.45, 2.75) is 31.3 Å². The van der Waals surface area contributed by atoms with Gasteiger partial charge in [-0.05, 0) is 30.5 Å². The van der Waals surface area contributed by atoms with E-state index in [1.165, 1.54) is 0 Å². The zero-order valence-electron chi connectivity index (χ0n) is 15.2. The Kier molecular flexibility index (Phi) is 6.66. The Morgan fingerprint density at radius 2 is 1.71 bits per heavy atom. The number of carbonyl (C=O) groups is 3. The molecule has 0 unspecified atom stereocenters. The number of hydrogen-bond donors (Lipinski definition) is 2. The first-order chi connectivity index (χ1) is 13.5. The lowest BCUT2D eigenvalue weighted by Gasteiger charge is -2.19. The molecule has 2 amide bonds. The van der Waals surface area contributed by atoms with E-state index in [1.807, 2.05) is 30.3 Å². The summed E-state index contributed by atoms with van der Waals surface area (Å²) in [5, 5.41) is 5.91. The molecule has 0 aliphatic heterocycles. The summed E-state index contributed by atoms with van der Waals surface area (Å²) in [6, 6.07) is 15.4. The lowest BCUT2D eigenvalue weighted by molar-refractivity contribution is -0.149. The molecule has 0 radical (unpaired) electrons. The van der Waals surface area contributed by atoms with Gasteiger partial charge in [0.2, 0.25) is 0 Å². The number of carbonyl (C=O) groups excluding carboxylic acids is 3. The van der Waals surface area contributed by atoms with Crippen LogP contribution in [-0.2, 0) is 14.3 Å². The number of ether oxygens (including phenoxy) is 1. The van der Waals surface area contributed by atoms with E-state index >= 15 is 0 Å². The van der Waals surface area contributed by atoms with Gasteiger partial charge in [-0.2, -0.15) is 0 Å². The van der Waals surface area contributed by atoms with E-state index in [4.69, 9.17) is 16.3 Å². The molecule has 1 aliphatic carbocycles. The monoisotopic (exact) mass is 400 g/mol. The summed E-state index contributed by atoms with van der Waals surface area (Å²) in [6.45, 7) is -0.324. The van der Waals surface area contributed by atoms with Gasteiger partial charge < -0.3 is 15.4 Å². The van der Waals surface area contributed by atoms with E-state index in [2.05, 4.69) is 10.6 Å². The molecule has 2 N–H and O–H groups in total. The molecule has 0 aromatic heterocycles. The third kappa shape index (κ3) is 5.82. The molecule has 0 bridgehead atoms. The van der Waals surface area contributed by atoms with Crippen LogP contribution in [0.25, 0.3) is 0 Å². The Morgan fingerprint density at radius 3 is 2.39 bits per heavy atom. The molecule has 6 nitrogen and oxygen atoms in total. The molecule has 2 aromatic rings. The fourth-order valence-corrected chi connectivity index (χ4v) is 2.91. The van der Waals surface area contributed by atoms with Crippen molar-refractivity contribution in [3.63, 3.8) is 0 Å². The van der Waals surface area contributed by atoms with E-state index in [0.717, 1.165) is 18.4 Å². The Bertz CT molecular complexity index is 852. The summed E-state index contributed by atoms with van der Waals surface area (Å²) in [7, 11) is 0. The van der Waals surface area contributed by atoms with Gasteiger partial charge in [-0.1, -0.05) is 54.1 Å². The first kappa shape index (κ1) is 19.9. The number of amides is 2. The van der Waals surface area contributed by atoms with Gasteiger partial charge in [0.25, 0.3) is 11.8 Å². The Balaban J connectivity index is 1.63. The molecule has 1 saturated carbocycles. The summed E-state index contributed by atoms with van der Waals surface area (Å²) in [6.07, 6.45) is 1.82. The third-order valence-electron chi connectivity index (χ3n) is 4.30. The lowest BCUT2D eigenvalue weighted by atomic mass is 10.0. The van der Waals surface area contributed by atoms with E-state index in [-0.39, 0.29) is 25.0 Å². The van der Waals surface area contributed by atoms with Gasteiger partial charge in [0.1, 0.15) is 0 Å². The van der Waals surface area contributed by atoms with Crippen molar-refractivity contribution in [1.29, 1.82) is 0 Å². The summed E-state index contributed by atoms with van der Waals surface area (Å²) in [5.74, 6) is -1.27. The maximum atomic E-state index is 12.6. The number of esters is 1. The molecule has 1 aliphatic rings. The summed E-state index contributed by atoms with van der Waals surface area (Å²) in [5.41, 5.74) is 1.07. The highest BCUT2D eigenvalue weighted by Crippen LogP contribution is 2.21. The molecular weight excluding hydrogens is 380 g/mol. The topological polar surface area (TPSA) is 84.5 Å². The van der Waals surface area contributed by atoms with Crippen molar-refractivity contribution in [2.75, 3.05) is 6.61 Å². The van der Waals surface area contributed by atoms with Crippen molar-refractivity contribution < 1.29 is 19.1 Å². The maximum Gasteiger partial charge on any atom is 0.308 e. The lowest BCUT2D eigenvalue weighted by Crippen LogP contribution is -2.33. The molecule has 0 saturated heterocycles. The summed E-state index contributed by atoms with van der Waals surface area (Å²) in [4.78, 5) is 36.5. The van der Waals surface area contributed by atoms with Crippen molar-refractivity contribution in [2.24, 2.45) is 0 Å². The highest BCUT2D eigenvalue weighted by Gasteiger charge is 2.25. The SMILES string of the molecule is O=C(COC(=O)C[C@H](NC(=O)c1ccccc1Cl)c1ccccc1)NC1CC1. The van der Waals surface area contributed by atoms with Crippen molar-refractivity contribution in [1.82, 2.24) is 10.6 Å². The molecule has 28 heavy (non-hydrogen) atoms. The molecule has 0 spiro atoms. The molecular formula is C21H21ClN2O4. The highest BCUT2D eigenvalue weighted by atomic mass is 35.5. The van der Waals surface area contributed by atoms with Gasteiger partial charge >= 0.3 is 5.97 Å². The number of hydrogen-bond acceptors (Lipinski definition) is 4. The second kappa shape index (κ2) is 9.37. The second-order valence-electron chi connectivity index (χ2n) is 6.62. The van der Waals surface area contributed by atoms with Crippen LogP contribution in [-0.4, -0.2) is 30.4 Å². The standard InChI is InChI=1S/C21H21ClN2O4/c22-17-9-5-4-8-16(17)21(27)24-18(14-6-2-1-3-7-14)12-20(26)28-13-19(25)23-15-10-11-15/h1-9,15,18H,10-13H2,(H,23,25)(H,24,27)/t18-/m0/s1. The van der Waals surface area contributed by atoms with Crippen LogP contribution in [0.4, 0.5) is 0 Å². The normalized spacial score (nSPS) is 14.0. The van der Waals surface area contributed by atoms with E-state index in [9.17, 15) is 14.4 Å². The van der Waals surface area contributed by atoms with Crippen LogP contribution in [0.3, 0.4) is 0 Å². The van der Waals surface area contributed by atoms with E-state index < -0.39 is 17.9 Å². The zero-order chi connectivity index (χ0) is 19.9. The molecule has 0 heterocycles. The first-order valence-electron chi connectivity index (χ1n) is 9.08. The molecule has 1 atom stereocenters. The van der Waals surface area contributed by atoms with E-state index in [0.29, 0.717) is 10.6 Å². The number of halogens is 1. The first-order valence-corrected chi connectivity index (χ1v) is 9.46. The van der Waals surface area contributed by atoms with Crippen LogP contribution >= 0.6 is 11.6 Å². The maximum absolute atomic E-state index is 12.6.